The van der Waals surface area contributed by atoms with Crippen LogP contribution in [0.3, 0.4) is 0 Å². The van der Waals surface area contributed by atoms with Gasteiger partial charge in [0.15, 0.2) is 0 Å². The Morgan fingerprint density at radius 1 is 1.00 bits per heavy atom. The number of nitrogens with zero attached hydrogens (tertiary/aromatic N) is 3. The number of H-pyrrole nitrogens is 1. The van der Waals surface area contributed by atoms with Crippen molar-refractivity contribution >= 4 is 28.6 Å². The summed E-state index contributed by atoms with van der Waals surface area (Å²) in [6.45, 7) is 4.21. The lowest BCUT2D eigenvalue weighted by Gasteiger charge is -2.26. The molecule has 4 aromatic rings. The number of morpholine rings is 1. The van der Waals surface area contributed by atoms with Gasteiger partial charge in [0, 0.05) is 35.9 Å². The highest BCUT2D eigenvalue weighted by Crippen LogP contribution is 2.21. The molecule has 1 fully saturated rings. The lowest BCUT2D eigenvalue weighted by Crippen LogP contribution is -2.40. The molecule has 1 amide bonds. The maximum Gasteiger partial charge on any atom is 0.280 e. The number of aliphatic imine (C=N–C) groups is 1. The maximum atomic E-state index is 13.2. The summed E-state index contributed by atoms with van der Waals surface area (Å²) in [4.78, 5) is 32.0. The third-order valence-electron chi connectivity index (χ3n) is 5.88. The fourth-order valence-electron chi connectivity index (χ4n) is 4.06. The van der Waals surface area contributed by atoms with Crippen LogP contribution in [0, 0.1) is 6.92 Å². The summed E-state index contributed by atoms with van der Waals surface area (Å²) in [7, 11) is 0. The minimum absolute atomic E-state index is 0.00622. The van der Waals surface area contributed by atoms with Crippen LogP contribution in [0.2, 0.25) is 0 Å². The normalized spacial score (nSPS) is 14.3. The zero-order valence-corrected chi connectivity index (χ0v) is 18.3. The Bertz CT molecular complexity index is 1390. The van der Waals surface area contributed by atoms with E-state index in [9.17, 15) is 9.59 Å². The first-order valence-corrected chi connectivity index (χ1v) is 10.9. The number of ether oxygens (including phenoxy) is 1. The van der Waals surface area contributed by atoms with Crippen molar-refractivity contribution < 1.29 is 9.53 Å². The second-order valence-corrected chi connectivity index (χ2v) is 8.00. The molecule has 0 spiro atoms. The Labute approximate surface area is 190 Å². The predicted octanol–water partition coefficient (Wildman–Crippen LogP) is 3.85. The predicted molar refractivity (Wildman–Crippen MR) is 129 cm³/mol. The van der Waals surface area contributed by atoms with Crippen LogP contribution in [0.5, 0.6) is 0 Å². The number of fused-ring (bicyclic) bond motifs is 1. The number of carbonyl (C=O) groups excluding carboxylic acids is 1. The average Bonchev–Trinajstić information content (AvgIpc) is 3.15. The third-order valence-corrected chi connectivity index (χ3v) is 5.88. The van der Waals surface area contributed by atoms with Gasteiger partial charge in [-0.1, -0.05) is 36.4 Å². The van der Waals surface area contributed by atoms with Gasteiger partial charge in [0.25, 0.3) is 11.5 Å². The lowest BCUT2D eigenvalue weighted by atomic mass is 10.1. The van der Waals surface area contributed by atoms with E-state index in [1.54, 1.807) is 40.1 Å². The molecular weight excluding hydrogens is 416 g/mol. The molecule has 0 saturated carbocycles. The number of amides is 1. The molecule has 0 bridgehead atoms. The van der Waals surface area contributed by atoms with Crippen LogP contribution in [0.15, 0.2) is 76.5 Å². The van der Waals surface area contributed by atoms with Gasteiger partial charge in [0.2, 0.25) is 0 Å². The topological polar surface area (TPSA) is 79.7 Å². The second-order valence-electron chi connectivity index (χ2n) is 8.00. The molecule has 7 nitrogen and oxygen atoms in total. The highest BCUT2D eigenvalue weighted by molar-refractivity contribution is 5.95. The molecule has 33 heavy (non-hydrogen) atoms. The SMILES string of the molecule is Cc1[nH]n(-c2cccc3ccccc23)c(=O)c1C=Nc1ccc(C(=O)N2CCOCC2)cc1. The molecule has 0 aliphatic carbocycles. The molecule has 166 valence electrons. The van der Waals surface area contributed by atoms with E-state index in [2.05, 4.69) is 10.1 Å². The van der Waals surface area contributed by atoms with E-state index in [0.717, 1.165) is 22.2 Å². The summed E-state index contributed by atoms with van der Waals surface area (Å²) in [5.41, 5.74) is 3.16. The van der Waals surface area contributed by atoms with Gasteiger partial charge in [-0.05, 0) is 42.6 Å². The molecule has 0 unspecified atom stereocenters. The van der Waals surface area contributed by atoms with Gasteiger partial charge < -0.3 is 9.64 Å². The summed E-state index contributed by atoms with van der Waals surface area (Å²) in [5.74, 6) is -0.00622. The summed E-state index contributed by atoms with van der Waals surface area (Å²) in [6, 6.07) is 21.0. The van der Waals surface area contributed by atoms with Crippen LogP contribution in [-0.2, 0) is 4.74 Å². The van der Waals surface area contributed by atoms with Crippen LogP contribution >= 0.6 is 0 Å². The molecule has 1 aromatic heterocycles. The fourth-order valence-corrected chi connectivity index (χ4v) is 4.06. The fraction of sp³-hybridized carbons (Fsp3) is 0.192. The van der Waals surface area contributed by atoms with Crippen molar-refractivity contribution in [3.05, 3.63) is 93.9 Å². The third kappa shape index (κ3) is 4.10. The molecule has 2 heterocycles. The molecule has 1 aliphatic heterocycles. The monoisotopic (exact) mass is 440 g/mol. The first kappa shape index (κ1) is 20.9. The van der Waals surface area contributed by atoms with E-state index < -0.39 is 0 Å². The largest absolute Gasteiger partial charge is 0.378 e. The summed E-state index contributed by atoms with van der Waals surface area (Å²) < 4.78 is 6.86. The summed E-state index contributed by atoms with van der Waals surface area (Å²) >= 11 is 0. The number of aromatic nitrogens is 2. The van der Waals surface area contributed by atoms with Gasteiger partial charge in [0.05, 0.1) is 30.2 Å². The van der Waals surface area contributed by atoms with Gasteiger partial charge in [-0.25, -0.2) is 4.68 Å². The first-order valence-electron chi connectivity index (χ1n) is 10.9. The van der Waals surface area contributed by atoms with Gasteiger partial charge in [-0.15, -0.1) is 0 Å². The van der Waals surface area contributed by atoms with Crippen molar-refractivity contribution in [1.29, 1.82) is 0 Å². The molecule has 1 aliphatic rings. The second kappa shape index (κ2) is 8.88. The van der Waals surface area contributed by atoms with Crippen LogP contribution < -0.4 is 5.56 Å². The number of benzene rings is 3. The van der Waals surface area contributed by atoms with E-state index in [4.69, 9.17) is 4.74 Å². The highest BCUT2D eigenvalue weighted by Gasteiger charge is 2.18. The molecule has 5 rings (SSSR count). The zero-order chi connectivity index (χ0) is 22.8. The van der Waals surface area contributed by atoms with Crippen LogP contribution in [0.1, 0.15) is 21.6 Å². The summed E-state index contributed by atoms with van der Waals surface area (Å²) in [5, 5.41) is 5.23. The van der Waals surface area contributed by atoms with E-state index in [1.165, 1.54) is 0 Å². The Morgan fingerprint density at radius 2 is 1.73 bits per heavy atom. The molecular formula is C26H24N4O3. The minimum atomic E-state index is -0.160. The van der Waals surface area contributed by atoms with Gasteiger partial charge >= 0.3 is 0 Å². The quantitative estimate of drug-likeness (QED) is 0.490. The molecule has 0 radical (unpaired) electrons. The first-order chi connectivity index (χ1) is 16.1. The molecule has 1 saturated heterocycles. The highest BCUT2D eigenvalue weighted by atomic mass is 16.5. The molecule has 1 N–H and O–H groups in total. The molecule has 7 heteroatoms. The number of aryl methyl sites for hydroxylation is 1. The van der Waals surface area contributed by atoms with Crippen molar-refractivity contribution in [2.45, 2.75) is 6.92 Å². The van der Waals surface area contributed by atoms with Crippen molar-refractivity contribution in [1.82, 2.24) is 14.7 Å². The van der Waals surface area contributed by atoms with Crippen molar-refractivity contribution in [3.8, 4) is 5.69 Å². The van der Waals surface area contributed by atoms with Gasteiger partial charge in [-0.3, -0.25) is 19.7 Å². The number of hydrogen-bond acceptors (Lipinski definition) is 4. The maximum absolute atomic E-state index is 13.2. The van der Waals surface area contributed by atoms with Crippen molar-refractivity contribution in [3.63, 3.8) is 0 Å². The van der Waals surface area contributed by atoms with Gasteiger partial charge in [0.1, 0.15) is 0 Å². The number of hydrogen-bond donors (Lipinski definition) is 1. The Morgan fingerprint density at radius 3 is 2.52 bits per heavy atom. The lowest BCUT2D eigenvalue weighted by molar-refractivity contribution is 0.0303. The van der Waals surface area contributed by atoms with Crippen molar-refractivity contribution in [2.75, 3.05) is 26.3 Å². The number of rotatable bonds is 4. The number of nitrogens with one attached hydrogen (secondary N) is 1. The minimum Gasteiger partial charge on any atom is -0.378 e. The smallest absolute Gasteiger partial charge is 0.280 e. The summed E-state index contributed by atoms with van der Waals surface area (Å²) in [6.07, 6.45) is 1.58. The number of aromatic amines is 1. The zero-order valence-electron chi connectivity index (χ0n) is 18.3. The Kier molecular flexibility index (Phi) is 5.62. The van der Waals surface area contributed by atoms with Crippen LogP contribution in [0.4, 0.5) is 5.69 Å². The Balaban J connectivity index is 1.40. The van der Waals surface area contributed by atoms with E-state index in [0.29, 0.717) is 43.1 Å². The van der Waals surface area contributed by atoms with E-state index in [-0.39, 0.29) is 11.5 Å². The van der Waals surface area contributed by atoms with Crippen LogP contribution in [-0.4, -0.2) is 53.1 Å². The van der Waals surface area contributed by atoms with Gasteiger partial charge in [-0.2, -0.15) is 0 Å². The van der Waals surface area contributed by atoms with E-state index in [1.807, 2.05) is 49.4 Å². The average molecular weight is 441 g/mol. The van der Waals surface area contributed by atoms with Crippen LogP contribution in [0.25, 0.3) is 16.5 Å². The standard InChI is InChI=1S/C26H24N4O3/c1-18-23(26(32)30(28-18)24-8-4-6-19-5-2-3-7-22(19)24)17-27-21-11-9-20(10-12-21)25(31)29-13-15-33-16-14-29/h2-12,17,28H,13-16H2,1H3. The van der Waals surface area contributed by atoms with E-state index >= 15 is 0 Å². The number of carbonyl (C=O) groups is 1. The molecule has 0 atom stereocenters. The Hall–Kier alpha value is -3.97. The molecule has 3 aromatic carbocycles. The van der Waals surface area contributed by atoms with Crippen molar-refractivity contribution in [2.24, 2.45) is 4.99 Å².